The van der Waals surface area contributed by atoms with Crippen LogP contribution in [0.4, 0.5) is 5.95 Å². The zero-order valence-electron chi connectivity index (χ0n) is 15.0. The molecule has 1 saturated heterocycles. The lowest BCUT2D eigenvalue weighted by Gasteiger charge is -2.17. The molecule has 4 rings (SSSR count). The molecule has 0 radical (unpaired) electrons. The van der Waals surface area contributed by atoms with Crippen LogP contribution in [0.1, 0.15) is 41.4 Å². The van der Waals surface area contributed by atoms with E-state index >= 15 is 0 Å². The fourth-order valence-corrected chi connectivity index (χ4v) is 4.79. The minimum Gasteiger partial charge on any atom is -0.349 e. The summed E-state index contributed by atoms with van der Waals surface area (Å²) in [5.41, 5.74) is 1.18. The number of rotatable bonds is 4. The second-order valence-electron chi connectivity index (χ2n) is 6.95. The van der Waals surface area contributed by atoms with Gasteiger partial charge >= 0.3 is 0 Å². The van der Waals surface area contributed by atoms with E-state index in [0.29, 0.717) is 5.92 Å². The number of carbonyl (C=O) groups excluding carboxylic acids is 1. The standard InChI is InChI=1S/C20H22N4OS/c1-13(2)23-19(25)18-17(15-6-3-4-7-16(15)26-18)14-8-11-24(12-14)20-21-9-5-10-22-20/h3-7,9-10,13-14H,8,11-12H2,1-2H3,(H,23,25). The number of hydrogen-bond acceptors (Lipinski definition) is 5. The highest BCUT2D eigenvalue weighted by Gasteiger charge is 2.31. The van der Waals surface area contributed by atoms with E-state index < -0.39 is 0 Å². The molecule has 1 fully saturated rings. The van der Waals surface area contributed by atoms with Crippen molar-refractivity contribution in [2.24, 2.45) is 0 Å². The first kappa shape index (κ1) is 17.0. The fraction of sp³-hybridized carbons (Fsp3) is 0.350. The van der Waals surface area contributed by atoms with Crippen molar-refractivity contribution in [1.29, 1.82) is 0 Å². The molecule has 26 heavy (non-hydrogen) atoms. The van der Waals surface area contributed by atoms with E-state index in [9.17, 15) is 4.79 Å². The van der Waals surface area contributed by atoms with Crippen LogP contribution in [0.15, 0.2) is 42.7 Å². The molecule has 0 spiro atoms. The average Bonchev–Trinajstić information content (AvgIpc) is 3.26. The van der Waals surface area contributed by atoms with E-state index in [-0.39, 0.29) is 11.9 Å². The van der Waals surface area contributed by atoms with Crippen LogP contribution in [0, 0.1) is 0 Å². The topological polar surface area (TPSA) is 58.1 Å². The number of aromatic nitrogens is 2. The number of hydrogen-bond donors (Lipinski definition) is 1. The number of fused-ring (bicyclic) bond motifs is 1. The molecular formula is C20H22N4OS. The average molecular weight is 366 g/mol. The number of carbonyl (C=O) groups is 1. The molecule has 1 unspecified atom stereocenters. The number of amides is 1. The van der Waals surface area contributed by atoms with Crippen LogP contribution >= 0.6 is 11.3 Å². The van der Waals surface area contributed by atoms with Crippen molar-refractivity contribution in [3.05, 3.63) is 53.2 Å². The second kappa shape index (κ2) is 7.03. The van der Waals surface area contributed by atoms with Crippen molar-refractivity contribution in [2.75, 3.05) is 18.0 Å². The molecule has 3 heterocycles. The molecule has 134 valence electrons. The molecule has 1 atom stereocenters. The molecule has 2 aromatic heterocycles. The first-order valence-corrected chi connectivity index (χ1v) is 9.79. The maximum Gasteiger partial charge on any atom is 0.261 e. The van der Waals surface area contributed by atoms with E-state index in [0.717, 1.165) is 30.3 Å². The minimum atomic E-state index is 0.0330. The van der Waals surface area contributed by atoms with Gasteiger partial charge in [0, 0.05) is 42.1 Å². The highest BCUT2D eigenvalue weighted by molar-refractivity contribution is 7.21. The van der Waals surface area contributed by atoms with Gasteiger partial charge in [0.25, 0.3) is 5.91 Å². The number of anilines is 1. The summed E-state index contributed by atoms with van der Waals surface area (Å²) >= 11 is 1.60. The SMILES string of the molecule is CC(C)NC(=O)c1sc2ccccc2c1C1CCN(c2ncccn2)C1. The van der Waals surface area contributed by atoms with Gasteiger partial charge in [-0.2, -0.15) is 0 Å². The monoisotopic (exact) mass is 366 g/mol. The van der Waals surface area contributed by atoms with Gasteiger partial charge in [-0.15, -0.1) is 11.3 Å². The third-order valence-electron chi connectivity index (χ3n) is 4.69. The minimum absolute atomic E-state index is 0.0330. The highest BCUT2D eigenvalue weighted by atomic mass is 32.1. The lowest BCUT2D eigenvalue weighted by atomic mass is 9.95. The lowest BCUT2D eigenvalue weighted by Crippen LogP contribution is -2.30. The smallest absolute Gasteiger partial charge is 0.261 e. The Morgan fingerprint density at radius 1 is 1.23 bits per heavy atom. The van der Waals surface area contributed by atoms with Crippen LogP contribution < -0.4 is 10.2 Å². The third kappa shape index (κ3) is 3.17. The van der Waals surface area contributed by atoms with Crippen LogP contribution in [0.5, 0.6) is 0 Å². The molecule has 0 bridgehead atoms. The molecular weight excluding hydrogens is 344 g/mol. The quantitative estimate of drug-likeness (QED) is 0.762. The Bertz CT molecular complexity index is 922. The summed E-state index contributed by atoms with van der Waals surface area (Å²) in [5.74, 6) is 1.11. The molecule has 1 aliphatic heterocycles. The van der Waals surface area contributed by atoms with Crippen molar-refractivity contribution in [3.8, 4) is 0 Å². The van der Waals surface area contributed by atoms with Crippen LogP contribution in [0.3, 0.4) is 0 Å². The maximum absolute atomic E-state index is 12.8. The second-order valence-corrected chi connectivity index (χ2v) is 8.00. The maximum atomic E-state index is 12.8. The van der Waals surface area contributed by atoms with E-state index in [1.807, 2.05) is 26.0 Å². The normalized spacial score (nSPS) is 17.2. The van der Waals surface area contributed by atoms with Gasteiger partial charge in [-0.25, -0.2) is 9.97 Å². The highest BCUT2D eigenvalue weighted by Crippen LogP contribution is 2.40. The first-order valence-electron chi connectivity index (χ1n) is 8.97. The molecule has 3 aromatic rings. The Hall–Kier alpha value is -2.47. The van der Waals surface area contributed by atoms with E-state index in [1.54, 1.807) is 23.7 Å². The van der Waals surface area contributed by atoms with Gasteiger partial charge in [-0.3, -0.25) is 4.79 Å². The van der Waals surface area contributed by atoms with Crippen LogP contribution in [-0.4, -0.2) is 35.0 Å². The van der Waals surface area contributed by atoms with Crippen molar-refractivity contribution >= 4 is 33.3 Å². The lowest BCUT2D eigenvalue weighted by molar-refractivity contribution is 0.0946. The number of benzene rings is 1. The van der Waals surface area contributed by atoms with Crippen LogP contribution in [0.25, 0.3) is 10.1 Å². The molecule has 1 N–H and O–H groups in total. The number of thiophene rings is 1. The molecule has 5 nitrogen and oxygen atoms in total. The van der Waals surface area contributed by atoms with E-state index in [4.69, 9.17) is 0 Å². The Balaban J connectivity index is 1.70. The summed E-state index contributed by atoms with van der Waals surface area (Å²) in [6.45, 7) is 5.74. The Kier molecular flexibility index (Phi) is 4.59. The summed E-state index contributed by atoms with van der Waals surface area (Å²) in [6.07, 6.45) is 4.55. The Labute approximate surface area is 157 Å². The zero-order chi connectivity index (χ0) is 18.1. The third-order valence-corrected chi connectivity index (χ3v) is 5.88. The van der Waals surface area contributed by atoms with Crippen molar-refractivity contribution in [3.63, 3.8) is 0 Å². The summed E-state index contributed by atoms with van der Waals surface area (Å²) < 4.78 is 1.17. The van der Waals surface area contributed by atoms with Gasteiger partial charge in [0.15, 0.2) is 0 Å². The predicted molar refractivity (Wildman–Crippen MR) is 106 cm³/mol. The van der Waals surface area contributed by atoms with Gasteiger partial charge in [0.1, 0.15) is 0 Å². The van der Waals surface area contributed by atoms with Crippen LogP contribution in [-0.2, 0) is 0 Å². The summed E-state index contributed by atoms with van der Waals surface area (Å²) in [5, 5.41) is 4.26. The van der Waals surface area contributed by atoms with Gasteiger partial charge in [-0.05, 0) is 43.4 Å². The number of nitrogens with zero attached hydrogens (tertiary/aromatic N) is 3. The zero-order valence-corrected chi connectivity index (χ0v) is 15.8. The first-order chi connectivity index (χ1) is 12.6. The summed E-state index contributed by atoms with van der Waals surface area (Å²) in [7, 11) is 0. The molecule has 1 aliphatic rings. The Morgan fingerprint density at radius 3 is 2.77 bits per heavy atom. The molecule has 6 heteroatoms. The number of nitrogens with one attached hydrogen (secondary N) is 1. The van der Waals surface area contributed by atoms with Gasteiger partial charge < -0.3 is 10.2 Å². The molecule has 0 saturated carbocycles. The van der Waals surface area contributed by atoms with Crippen molar-refractivity contribution in [2.45, 2.75) is 32.2 Å². The van der Waals surface area contributed by atoms with Crippen molar-refractivity contribution in [1.82, 2.24) is 15.3 Å². The van der Waals surface area contributed by atoms with E-state index in [2.05, 4.69) is 38.4 Å². The largest absolute Gasteiger partial charge is 0.349 e. The Morgan fingerprint density at radius 2 is 2.00 bits per heavy atom. The van der Waals surface area contributed by atoms with Gasteiger partial charge in [-0.1, -0.05) is 18.2 Å². The summed E-state index contributed by atoms with van der Waals surface area (Å²) in [6, 6.07) is 10.3. The predicted octanol–water partition coefficient (Wildman–Crippen LogP) is 3.82. The molecule has 1 amide bonds. The fourth-order valence-electron chi connectivity index (χ4n) is 3.60. The van der Waals surface area contributed by atoms with Crippen LogP contribution in [0.2, 0.25) is 0 Å². The summed E-state index contributed by atoms with van der Waals surface area (Å²) in [4.78, 5) is 24.6. The van der Waals surface area contributed by atoms with Gasteiger partial charge in [0.2, 0.25) is 5.95 Å². The van der Waals surface area contributed by atoms with Gasteiger partial charge in [0.05, 0.1) is 4.88 Å². The molecule has 0 aliphatic carbocycles. The van der Waals surface area contributed by atoms with E-state index in [1.165, 1.54) is 15.6 Å². The van der Waals surface area contributed by atoms with Crippen molar-refractivity contribution < 1.29 is 4.79 Å². The molecule has 1 aromatic carbocycles.